The minimum atomic E-state index is -4.64. The molecule has 0 aromatic heterocycles. The first-order valence-electron chi connectivity index (χ1n) is 6.67. The highest BCUT2D eigenvalue weighted by molar-refractivity contribution is 7.80. The summed E-state index contributed by atoms with van der Waals surface area (Å²) in [6, 6.07) is 8.12. The zero-order valence-electron chi connectivity index (χ0n) is 12.4. The lowest BCUT2D eigenvalue weighted by atomic mass is 9.98. The second-order valence-corrected chi connectivity index (χ2v) is 5.78. The molecule has 0 heterocycles. The van der Waals surface area contributed by atoms with E-state index in [0.717, 1.165) is 6.07 Å². The third kappa shape index (κ3) is 4.13. The van der Waals surface area contributed by atoms with Gasteiger partial charge in [-0.2, -0.15) is 13.2 Å². The Hall–Kier alpha value is -1.92. The van der Waals surface area contributed by atoms with Gasteiger partial charge >= 0.3 is 6.18 Å². The predicted molar refractivity (Wildman–Crippen MR) is 90.6 cm³/mol. The molecule has 0 aliphatic rings. The van der Waals surface area contributed by atoms with E-state index in [1.54, 1.807) is 18.2 Å². The highest BCUT2D eigenvalue weighted by atomic mass is 35.5. The molecule has 126 valence electrons. The van der Waals surface area contributed by atoms with E-state index in [0.29, 0.717) is 22.5 Å². The van der Waals surface area contributed by atoms with Crippen LogP contribution in [0.4, 0.5) is 13.2 Å². The largest absolute Gasteiger partial charge is 0.496 e. The van der Waals surface area contributed by atoms with Gasteiger partial charge in [-0.15, -0.1) is 12.6 Å². The Kier molecular flexibility index (Phi) is 5.62. The molecule has 0 spiro atoms. The van der Waals surface area contributed by atoms with Crippen LogP contribution in [-0.2, 0) is 11.0 Å². The van der Waals surface area contributed by atoms with Gasteiger partial charge in [0.2, 0.25) is 0 Å². The summed E-state index contributed by atoms with van der Waals surface area (Å²) in [5.41, 5.74) is -0.901. The van der Waals surface area contributed by atoms with Crippen LogP contribution in [0.25, 0.3) is 11.6 Å². The van der Waals surface area contributed by atoms with Gasteiger partial charge in [0.05, 0.1) is 12.7 Å². The number of hydrogen-bond acceptors (Lipinski definition) is 3. The van der Waals surface area contributed by atoms with Gasteiger partial charge in [0, 0.05) is 21.1 Å². The SMILES string of the molecule is COc1cc(S)ccc1/C=C(\C=O)c1ccc(Cl)cc1C(F)(F)F. The third-order valence-electron chi connectivity index (χ3n) is 3.25. The minimum Gasteiger partial charge on any atom is -0.496 e. The molecule has 0 atom stereocenters. The minimum absolute atomic E-state index is 0.0617. The van der Waals surface area contributed by atoms with Crippen molar-refractivity contribution in [1.29, 1.82) is 0 Å². The molecule has 24 heavy (non-hydrogen) atoms. The molecule has 0 saturated heterocycles. The van der Waals surface area contributed by atoms with Crippen molar-refractivity contribution < 1.29 is 22.7 Å². The van der Waals surface area contributed by atoms with Crippen LogP contribution >= 0.6 is 24.2 Å². The predicted octanol–water partition coefficient (Wildman–Crippen LogP) is 5.40. The highest BCUT2D eigenvalue weighted by Crippen LogP contribution is 2.37. The number of rotatable bonds is 4. The summed E-state index contributed by atoms with van der Waals surface area (Å²) < 4.78 is 44.8. The third-order valence-corrected chi connectivity index (χ3v) is 3.77. The van der Waals surface area contributed by atoms with Gasteiger partial charge in [-0.05, 0) is 35.9 Å². The smallest absolute Gasteiger partial charge is 0.417 e. The summed E-state index contributed by atoms with van der Waals surface area (Å²) in [4.78, 5) is 12.0. The first-order chi connectivity index (χ1) is 11.3. The van der Waals surface area contributed by atoms with Crippen LogP contribution < -0.4 is 4.74 Å². The van der Waals surface area contributed by atoms with Crippen molar-refractivity contribution in [2.24, 2.45) is 0 Å². The number of aldehydes is 1. The summed E-state index contributed by atoms with van der Waals surface area (Å²) in [5, 5.41) is -0.0617. The van der Waals surface area contributed by atoms with Gasteiger partial charge in [-0.3, -0.25) is 4.79 Å². The Balaban J connectivity index is 2.64. The van der Waals surface area contributed by atoms with Crippen LogP contribution in [0, 0.1) is 0 Å². The number of hydrogen-bond donors (Lipinski definition) is 1. The number of allylic oxidation sites excluding steroid dienone is 1. The molecule has 2 rings (SSSR count). The number of ether oxygens (including phenoxy) is 1. The van der Waals surface area contributed by atoms with Crippen LogP contribution in [0.2, 0.25) is 5.02 Å². The Morgan fingerprint density at radius 2 is 1.92 bits per heavy atom. The molecule has 2 aromatic carbocycles. The summed E-state index contributed by atoms with van der Waals surface area (Å²) in [5.74, 6) is 0.393. The van der Waals surface area contributed by atoms with Gasteiger partial charge in [-0.25, -0.2) is 0 Å². The molecule has 2 nitrogen and oxygen atoms in total. The number of carbonyl (C=O) groups is 1. The zero-order valence-corrected chi connectivity index (χ0v) is 14.0. The van der Waals surface area contributed by atoms with Gasteiger partial charge in [0.15, 0.2) is 6.29 Å². The van der Waals surface area contributed by atoms with Gasteiger partial charge < -0.3 is 4.74 Å². The lowest BCUT2D eigenvalue weighted by Gasteiger charge is -2.14. The molecule has 0 N–H and O–H groups in total. The number of alkyl halides is 3. The van der Waals surface area contributed by atoms with E-state index >= 15 is 0 Å². The summed E-state index contributed by atoms with van der Waals surface area (Å²) in [7, 11) is 1.42. The number of halogens is 4. The topological polar surface area (TPSA) is 26.3 Å². The molecule has 0 aliphatic carbocycles. The normalized spacial score (nSPS) is 12.2. The molecule has 0 saturated carbocycles. The van der Waals surface area contributed by atoms with E-state index in [-0.39, 0.29) is 16.2 Å². The fraction of sp³-hybridized carbons (Fsp3) is 0.118. The van der Waals surface area contributed by atoms with Crippen molar-refractivity contribution in [3.63, 3.8) is 0 Å². The fourth-order valence-electron chi connectivity index (χ4n) is 2.16. The van der Waals surface area contributed by atoms with Gasteiger partial charge in [0.25, 0.3) is 0 Å². The maximum Gasteiger partial charge on any atom is 0.417 e. The Bertz CT molecular complexity index is 801. The summed E-state index contributed by atoms with van der Waals surface area (Å²) in [6.45, 7) is 0. The molecule has 0 unspecified atom stereocenters. The van der Waals surface area contributed by atoms with Crippen LogP contribution in [0.1, 0.15) is 16.7 Å². The first-order valence-corrected chi connectivity index (χ1v) is 7.49. The average molecular weight is 373 g/mol. The highest BCUT2D eigenvalue weighted by Gasteiger charge is 2.34. The average Bonchev–Trinajstić information content (AvgIpc) is 2.53. The first kappa shape index (κ1) is 18.4. The second kappa shape index (κ2) is 7.32. The van der Waals surface area contributed by atoms with Crippen molar-refractivity contribution in [2.75, 3.05) is 7.11 Å². The monoisotopic (exact) mass is 372 g/mol. The molecule has 0 fully saturated rings. The molecular weight excluding hydrogens is 361 g/mol. The zero-order chi connectivity index (χ0) is 17.9. The standard InChI is InChI=1S/C17H12ClF3O2S/c1-23-16-8-13(24)4-2-10(16)6-11(9-22)14-5-3-12(18)7-15(14)17(19,20)21/h2-9,24H,1H3/b11-6+. The van der Waals surface area contributed by atoms with Crippen molar-refractivity contribution in [3.05, 3.63) is 58.1 Å². The second-order valence-electron chi connectivity index (χ2n) is 4.83. The molecule has 0 aliphatic heterocycles. The van der Waals surface area contributed by atoms with Crippen LogP contribution in [0.15, 0.2) is 41.3 Å². The fourth-order valence-corrected chi connectivity index (χ4v) is 2.53. The van der Waals surface area contributed by atoms with Crippen molar-refractivity contribution >= 4 is 42.2 Å². The molecule has 0 bridgehead atoms. The van der Waals surface area contributed by atoms with Crippen molar-refractivity contribution in [3.8, 4) is 5.75 Å². The molecular formula is C17H12ClF3O2S. The maximum absolute atomic E-state index is 13.2. The lowest BCUT2D eigenvalue weighted by molar-refractivity contribution is -0.137. The Labute approximate surface area is 147 Å². The quantitative estimate of drug-likeness (QED) is 0.337. The number of methoxy groups -OCH3 is 1. The number of benzene rings is 2. The Morgan fingerprint density at radius 1 is 1.21 bits per heavy atom. The summed E-state index contributed by atoms with van der Waals surface area (Å²) >= 11 is 9.83. The van der Waals surface area contributed by atoms with E-state index in [2.05, 4.69) is 12.6 Å². The molecule has 0 amide bonds. The molecule has 2 aromatic rings. The van der Waals surface area contributed by atoms with Crippen molar-refractivity contribution in [2.45, 2.75) is 11.1 Å². The van der Waals surface area contributed by atoms with E-state index in [1.165, 1.54) is 25.3 Å². The van der Waals surface area contributed by atoms with Gasteiger partial charge in [0.1, 0.15) is 5.75 Å². The molecule has 7 heteroatoms. The van der Waals surface area contributed by atoms with Crippen LogP contribution in [0.3, 0.4) is 0 Å². The summed E-state index contributed by atoms with van der Waals surface area (Å²) in [6.07, 6.45) is -2.94. The van der Waals surface area contributed by atoms with E-state index in [4.69, 9.17) is 16.3 Å². The van der Waals surface area contributed by atoms with Crippen molar-refractivity contribution in [1.82, 2.24) is 0 Å². The van der Waals surface area contributed by atoms with E-state index in [9.17, 15) is 18.0 Å². The molecule has 0 radical (unpaired) electrons. The lowest BCUT2D eigenvalue weighted by Crippen LogP contribution is -2.09. The number of carbonyl (C=O) groups excluding carboxylic acids is 1. The number of thiol groups is 1. The Morgan fingerprint density at radius 3 is 2.50 bits per heavy atom. The van der Waals surface area contributed by atoms with Gasteiger partial charge in [-0.1, -0.05) is 23.7 Å². The van der Waals surface area contributed by atoms with E-state index in [1.807, 2.05) is 0 Å². The maximum atomic E-state index is 13.2. The van der Waals surface area contributed by atoms with Crippen LogP contribution in [0.5, 0.6) is 5.75 Å². The van der Waals surface area contributed by atoms with E-state index < -0.39 is 11.7 Å². The van der Waals surface area contributed by atoms with Crippen LogP contribution in [-0.4, -0.2) is 13.4 Å².